The summed E-state index contributed by atoms with van der Waals surface area (Å²) in [7, 11) is 0. The molecule has 0 atom stereocenters. The average Bonchev–Trinajstić information content (AvgIpc) is 3.04. The molecule has 1 heterocycles. The predicted octanol–water partition coefficient (Wildman–Crippen LogP) is 3.06. The number of hydrogen-bond donors (Lipinski definition) is 2. The zero-order chi connectivity index (χ0) is 13.2. The molecule has 0 radical (unpaired) electrons. The summed E-state index contributed by atoms with van der Waals surface area (Å²) in [6, 6.07) is 7.27. The maximum absolute atomic E-state index is 4.44. The van der Waals surface area contributed by atoms with Gasteiger partial charge in [-0.3, -0.25) is 0 Å². The van der Waals surface area contributed by atoms with Crippen molar-refractivity contribution in [2.24, 2.45) is 0 Å². The Kier molecular flexibility index (Phi) is 3.38. The largest absolute Gasteiger partial charge is 0.341 e. The minimum atomic E-state index is 0.480. The maximum Gasteiger partial charge on any atom is 0.120 e. The fourth-order valence-corrected chi connectivity index (χ4v) is 2.64. The van der Waals surface area contributed by atoms with Gasteiger partial charge in [-0.25, -0.2) is 4.98 Å². The molecule has 0 bridgehead atoms. The van der Waals surface area contributed by atoms with Crippen molar-refractivity contribution in [2.75, 3.05) is 0 Å². The second kappa shape index (κ2) is 5.17. The molecule has 1 aliphatic carbocycles. The van der Waals surface area contributed by atoms with Gasteiger partial charge in [0.2, 0.25) is 0 Å². The van der Waals surface area contributed by atoms with Crippen molar-refractivity contribution >= 4 is 0 Å². The van der Waals surface area contributed by atoms with Crippen LogP contribution in [-0.4, -0.2) is 16.0 Å². The Morgan fingerprint density at radius 2 is 2.11 bits per heavy atom. The molecule has 1 aliphatic rings. The Bertz CT molecular complexity index is 569. The highest BCUT2D eigenvalue weighted by Crippen LogP contribution is 2.27. The zero-order valence-electron chi connectivity index (χ0n) is 11.7. The van der Waals surface area contributed by atoms with Gasteiger partial charge in [0.1, 0.15) is 5.82 Å². The first-order chi connectivity index (χ1) is 9.22. The molecule has 3 rings (SSSR count). The van der Waals surface area contributed by atoms with Crippen molar-refractivity contribution in [3.8, 4) is 11.3 Å². The summed E-state index contributed by atoms with van der Waals surface area (Å²) in [6.07, 6.45) is 5.69. The van der Waals surface area contributed by atoms with Crippen LogP contribution in [0.25, 0.3) is 11.3 Å². The number of aromatic amines is 1. The summed E-state index contributed by atoms with van der Waals surface area (Å²) in [5, 5.41) is 3.37. The van der Waals surface area contributed by atoms with Crippen LogP contribution in [0.15, 0.2) is 24.4 Å². The van der Waals surface area contributed by atoms with Gasteiger partial charge < -0.3 is 10.3 Å². The third kappa shape index (κ3) is 2.71. The van der Waals surface area contributed by atoms with Crippen LogP contribution >= 0.6 is 0 Å². The number of nitrogens with one attached hydrogen (secondary N) is 2. The van der Waals surface area contributed by atoms with Gasteiger partial charge in [-0.05, 0) is 42.0 Å². The lowest BCUT2D eigenvalue weighted by Crippen LogP contribution is -2.22. The van der Waals surface area contributed by atoms with E-state index < -0.39 is 0 Å². The number of rotatable bonds is 4. The van der Waals surface area contributed by atoms with E-state index in [0.717, 1.165) is 18.1 Å². The highest BCUT2D eigenvalue weighted by Gasteiger charge is 2.12. The minimum Gasteiger partial charge on any atom is -0.341 e. The van der Waals surface area contributed by atoms with Gasteiger partial charge in [-0.2, -0.15) is 0 Å². The number of aromatic nitrogens is 2. The van der Waals surface area contributed by atoms with Crippen molar-refractivity contribution in [2.45, 2.75) is 45.7 Å². The second-order valence-electron chi connectivity index (χ2n) is 5.62. The van der Waals surface area contributed by atoms with Crippen LogP contribution in [0.5, 0.6) is 0 Å². The van der Waals surface area contributed by atoms with Crippen LogP contribution in [0.4, 0.5) is 0 Å². The van der Waals surface area contributed by atoms with Crippen molar-refractivity contribution in [3.63, 3.8) is 0 Å². The predicted molar refractivity (Wildman–Crippen MR) is 78.0 cm³/mol. The van der Waals surface area contributed by atoms with Crippen molar-refractivity contribution in [1.82, 2.24) is 15.3 Å². The van der Waals surface area contributed by atoms with Crippen molar-refractivity contribution in [3.05, 3.63) is 41.3 Å². The molecule has 0 saturated heterocycles. The van der Waals surface area contributed by atoms with Gasteiger partial charge in [0, 0.05) is 6.04 Å². The molecule has 0 fully saturated rings. The van der Waals surface area contributed by atoms with Crippen LogP contribution in [0.3, 0.4) is 0 Å². The van der Waals surface area contributed by atoms with E-state index in [9.17, 15) is 0 Å². The minimum absolute atomic E-state index is 0.480. The number of aryl methyl sites for hydroxylation is 2. The van der Waals surface area contributed by atoms with Crippen LogP contribution < -0.4 is 5.32 Å². The normalized spacial score (nSPS) is 14.1. The summed E-state index contributed by atoms with van der Waals surface area (Å²) in [5.74, 6) is 1.00. The number of nitrogens with zero attached hydrogens (tertiary/aromatic N) is 1. The summed E-state index contributed by atoms with van der Waals surface area (Å²) in [6.45, 7) is 5.08. The van der Waals surface area contributed by atoms with E-state index in [1.165, 1.54) is 36.0 Å². The third-order valence-electron chi connectivity index (χ3n) is 3.72. The lowest BCUT2D eigenvalue weighted by Gasteiger charge is -2.05. The lowest BCUT2D eigenvalue weighted by atomic mass is 10.1. The zero-order valence-corrected chi connectivity index (χ0v) is 11.7. The number of hydrogen-bond acceptors (Lipinski definition) is 2. The highest BCUT2D eigenvalue weighted by atomic mass is 15.0. The van der Waals surface area contributed by atoms with Crippen LogP contribution in [0.1, 0.15) is 37.2 Å². The number of H-pyrrole nitrogens is 1. The molecule has 0 saturated carbocycles. The molecule has 1 aromatic heterocycles. The van der Waals surface area contributed by atoms with Gasteiger partial charge in [-0.15, -0.1) is 0 Å². The number of benzene rings is 1. The molecule has 0 unspecified atom stereocenters. The molecule has 3 heteroatoms. The Hall–Kier alpha value is -1.61. The van der Waals surface area contributed by atoms with Gasteiger partial charge in [0.25, 0.3) is 0 Å². The van der Waals surface area contributed by atoms with Crippen molar-refractivity contribution < 1.29 is 0 Å². The van der Waals surface area contributed by atoms with E-state index in [1.807, 2.05) is 6.20 Å². The third-order valence-corrected chi connectivity index (χ3v) is 3.72. The second-order valence-corrected chi connectivity index (χ2v) is 5.62. The van der Waals surface area contributed by atoms with E-state index in [0.29, 0.717) is 6.04 Å². The molecule has 0 aliphatic heterocycles. The van der Waals surface area contributed by atoms with Crippen molar-refractivity contribution in [1.29, 1.82) is 0 Å². The first-order valence-electron chi connectivity index (χ1n) is 7.12. The molecule has 100 valence electrons. The first kappa shape index (κ1) is 12.4. The Balaban J connectivity index is 1.79. The Labute approximate surface area is 114 Å². The molecule has 1 aromatic carbocycles. The molecule has 3 nitrogen and oxygen atoms in total. The summed E-state index contributed by atoms with van der Waals surface area (Å²) in [5.41, 5.74) is 5.40. The van der Waals surface area contributed by atoms with Gasteiger partial charge in [-0.1, -0.05) is 26.0 Å². The van der Waals surface area contributed by atoms with E-state index >= 15 is 0 Å². The standard InChI is InChI=1S/C16H21N3/c1-11(2)17-10-16-18-9-15(19-16)14-7-6-12-4-3-5-13(12)8-14/h6-9,11,17H,3-5,10H2,1-2H3,(H,18,19). The Morgan fingerprint density at radius 1 is 1.26 bits per heavy atom. The quantitative estimate of drug-likeness (QED) is 0.881. The lowest BCUT2D eigenvalue weighted by molar-refractivity contribution is 0.575. The van der Waals surface area contributed by atoms with Crippen LogP contribution in [-0.2, 0) is 19.4 Å². The monoisotopic (exact) mass is 255 g/mol. The fourth-order valence-electron chi connectivity index (χ4n) is 2.64. The summed E-state index contributed by atoms with van der Waals surface area (Å²) < 4.78 is 0. The molecule has 0 amide bonds. The van der Waals surface area contributed by atoms with Gasteiger partial charge in [0.05, 0.1) is 18.4 Å². The van der Waals surface area contributed by atoms with Gasteiger partial charge >= 0.3 is 0 Å². The molecule has 19 heavy (non-hydrogen) atoms. The summed E-state index contributed by atoms with van der Waals surface area (Å²) >= 11 is 0. The van der Waals surface area contributed by atoms with Crippen LogP contribution in [0, 0.1) is 0 Å². The molecule has 0 spiro atoms. The van der Waals surface area contributed by atoms with E-state index in [2.05, 4.69) is 47.3 Å². The summed E-state index contributed by atoms with van der Waals surface area (Å²) in [4.78, 5) is 7.84. The van der Waals surface area contributed by atoms with Crippen LogP contribution in [0.2, 0.25) is 0 Å². The Morgan fingerprint density at radius 3 is 2.95 bits per heavy atom. The average molecular weight is 255 g/mol. The molecular weight excluding hydrogens is 234 g/mol. The fraction of sp³-hybridized carbons (Fsp3) is 0.438. The topological polar surface area (TPSA) is 40.7 Å². The molecule has 2 N–H and O–H groups in total. The van der Waals surface area contributed by atoms with E-state index in [1.54, 1.807) is 0 Å². The van der Waals surface area contributed by atoms with E-state index in [4.69, 9.17) is 0 Å². The number of fused-ring (bicyclic) bond motifs is 1. The van der Waals surface area contributed by atoms with Gasteiger partial charge in [0.15, 0.2) is 0 Å². The maximum atomic E-state index is 4.44. The SMILES string of the molecule is CC(C)NCc1ncc(-c2ccc3c(c2)CCC3)[nH]1. The smallest absolute Gasteiger partial charge is 0.120 e. The molecule has 2 aromatic rings. The number of imidazole rings is 1. The molecular formula is C16H21N3. The van der Waals surface area contributed by atoms with E-state index in [-0.39, 0.29) is 0 Å². The highest BCUT2D eigenvalue weighted by molar-refractivity contribution is 5.61. The first-order valence-corrected chi connectivity index (χ1v) is 7.12.